The number of ketones is 1. The number of hydrogen-bond acceptors (Lipinski definition) is 3. The molecule has 1 aliphatic rings. The smallest absolute Gasteiger partial charge is 0.241 e. The van der Waals surface area contributed by atoms with Crippen LogP contribution in [-0.4, -0.2) is 16.7 Å². The molecule has 33 heavy (non-hydrogen) atoms. The van der Waals surface area contributed by atoms with E-state index in [-0.39, 0.29) is 12.2 Å². The van der Waals surface area contributed by atoms with Crippen molar-refractivity contribution in [2.75, 3.05) is 0 Å². The molecule has 0 fully saturated rings. The average molecular weight is 447 g/mol. The fourth-order valence-electron chi connectivity index (χ4n) is 4.13. The topological polar surface area (TPSA) is 73.1 Å². The molecule has 1 amide bonds. The molecule has 172 valence electrons. The van der Waals surface area contributed by atoms with Crippen LogP contribution in [0.4, 0.5) is 4.39 Å². The number of rotatable bonds is 6. The molecule has 2 aromatic rings. The summed E-state index contributed by atoms with van der Waals surface area (Å²) in [6.07, 6.45) is 13.7. The molecule has 5 heteroatoms. The predicted molar refractivity (Wildman–Crippen MR) is 131 cm³/mol. The van der Waals surface area contributed by atoms with Crippen molar-refractivity contribution < 1.29 is 14.0 Å². The van der Waals surface area contributed by atoms with E-state index >= 15 is 0 Å². The van der Waals surface area contributed by atoms with Crippen LogP contribution in [0.5, 0.6) is 0 Å². The normalized spacial score (nSPS) is 20.0. The summed E-state index contributed by atoms with van der Waals surface area (Å²) in [6, 6.07) is 10.7. The van der Waals surface area contributed by atoms with Gasteiger partial charge in [0.2, 0.25) is 11.9 Å². The minimum absolute atomic E-state index is 0.00599. The van der Waals surface area contributed by atoms with Crippen molar-refractivity contribution in [1.82, 2.24) is 4.98 Å². The van der Waals surface area contributed by atoms with E-state index in [0.29, 0.717) is 30.4 Å². The van der Waals surface area contributed by atoms with E-state index in [1.807, 2.05) is 62.4 Å². The molecule has 1 unspecified atom stereocenters. The number of primary amides is 1. The molecule has 3 rings (SSSR count). The van der Waals surface area contributed by atoms with Crippen LogP contribution >= 0.6 is 0 Å². The van der Waals surface area contributed by atoms with Crippen LogP contribution in [0.25, 0.3) is 0 Å². The maximum absolute atomic E-state index is 13.9. The van der Waals surface area contributed by atoms with Crippen LogP contribution in [-0.2, 0) is 16.6 Å². The van der Waals surface area contributed by atoms with Gasteiger partial charge in [0.05, 0.1) is 0 Å². The zero-order chi connectivity index (χ0) is 24.3. The molecule has 1 atom stereocenters. The van der Waals surface area contributed by atoms with Crippen molar-refractivity contribution in [2.45, 2.75) is 44.9 Å². The molecule has 0 spiro atoms. The Morgan fingerprint density at radius 3 is 2.64 bits per heavy atom. The van der Waals surface area contributed by atoms with Gasteiger partial charge in [-0.05, 0) is 48.1 Å². The second-order valence-electron chi connectivity index (χ2n) is 7.68. The fourth-order valence-corrected chi connectivity index (χ4v) is 4.13. The number of hydrogen-bond donors (Lipinski definition) is 1. The van der Waals surface area contributed by atoms with Gasteiger partial charge in [-0.2, -0.15) is 4.39 Å². The van der Waals surface area contributed by atoms with Crippen molar-refractivity contribution in [3.63, 3.8) is 0 Å². The molecule has 0 radical (unpaired) electrons. The van der Waals surface area contributed by atoms with Crippen LogP contribution < -0.4 is 5.73 Å². The van der Waals surface area contributed by atoms with E-state index in [1.54, 1.807) is 12.1 Å². The zero-order valence-corrected chi connectivity index (χ0v) is 19.3. The lowest BCUT2D eigenvalue weighted by Gasteiger charge is -2.36. The second kappa shape index (κ2) is 12.4. The Morgan fingerprint density at radius 1 is 1.21 bits per heavy atom. The van der Waals surface area contributed by atoms with Crippen LogP contribution in [0.3, 0.4) is 0 Å². The standard InChI is InChI=1S/C26H25FN2O2.C2H6/c1-2-19(16-25(28)31)17-26(18-20-12-14-29-24(27)15-20)13-8-4-3-5-11-23(30)21-9-6-7-10-22(21)26;1-2/h2-10,12,14-16H,1,11,13,17-18H2,(H2,28,31);1-2H3/b5-3-,8-4-,19-16+;. The molecular weight excluding hydrogens is 415 g/mol. The first kappa shape index (κ1) is 25.7. The molecule has 1 heterocycles. The van der Waals surface area contributed by atoms with Crippen molar-refractivity contribution in [2.24, 2.45) is 5.73 Å². The summed E-state index contributed by atoms with van der Waals surface area (Å²) in [5.41, 5.74) is 7.67. The maximum atomic E-state index is 13.9. The number of fused-ring (bicyclic) bond motifs is 1. The maximum Gasteiger partial charge on any atom is 0.241 e. The van der Waals surface area contributed by atoms with Crippen LogP contribution in [0.2, 0.25) is 0 Å². The largest absolute Gasteiger partial charge is 0.366 e. The Bertz CT molecular complexity index is 1080. The highest BCUT2D eigenvalue weighted by Gasteiger charge is 2.35. The highest BCUT2D eigenvalue weighted by atomic mass is 19.1. The lowest BCUT2D eigenvalue weighted by atomic mass is 9.67. The monoisotopic (exact) mass is 446 g/mol. The van der Waals surface area contributed by atoms with E-state index in [2.05, 4.69) is 11.6 Å². The molecule has 2 N–H and O–H groups in total. The minimum atomic E-state index is -0.628. The summed E-state index contributed by atoms with van der Waals surface area (Å²) < 4.78 is 13.9. The van der Waals surface area contributed by atoms with E-state index in [1.165, 1.54) is 18.3 Å². The number of allylic oxidation sites excluding steroid dienone is 6. The van der Waals surface area contributed by atoms with Crippen molar-refractivity contribution in [3.8, 4) is 0 Å². The van der Waals surface area contributed by atoms with E-state index in [4.69, 9.17) is 5.73 Å². The Balaban J connectivity index is 0.00000187. The Hall–Kier alpha value is -3.60. The molecule has 1 aliphatic carbocycles. The summed E-state index contributed by atoms with van der Waals surface area (Å²) in [7, 11) is 0. The molecule has 0 saturated carbocycles. The van der Waals surface area contributed by atoms with Crippen LogP contribution in [0.15, 0.2) is 91.2 Å². The quantitative estimate of drug-likeness (QED) is 0.346. The highest BCUT2D eigenvalue weighted by Crippen LogP contribution is 2.41. The molecule has 0 aliphatic heterocycles. The summed E-state index contributed by atoms with van der Waals surface area (Å²) in [5.74, 6) is -1.12. The molecule has 1 aromatic carbocycles. The number of pyridine rings is 1. The van der Waals surface area contributed by atoms with Crippen LogP contribution in [0.1, 0.15) is 54.6 Å². The van der Waals surface area contributed by atoms with Gasteiger partial charge in [-0.25, -0.2) is 4.98 Å². The van der Waals surface area contributed by atoms with Gasteiger partial charge in [0.1, 0.15) is 0 Å². The Labute approximate surface area is 195 Å². The number of amides is 1. The van der Waals surface area contributed by atoms with E-state index < -0.39 is 17.3 Å². The second-order valence-corrected chi connectivity index (χ2v) is 7.68. The number of carbonyl (C=O) groups excluding carboxylic acids is 2. The Kier molecular flexibility index (Phi) is 9.67. The van der Waals surface area contributed by atoms with Gasteiger partial charge in [0, 0.05) is 29.7 Å². The first-order chi connectivity index (χ1) is 15.9. The molecule has 1 aromatic heterocycles. The zero-order valence-electron chi connectivity index (χ0n) is 19.3. The first-order valence-corrected chi connectivity index (χ1v) is 11.1. The molecular formula is C28H31FN2O2. The fraction of sp³-hybridized carbons (Fsp3) is 0.250. The number of nitrogens with two attached hydrogens (primary N) is 1. The van der Waals surface area contributed by atoms with Crippen LogP contribution in [0, 0.1) is 5.95 Å². The van der Waals surface area contributed by atoms with Gasteiger partial charge in [0.15, 0.2) is 5.78 Å². The number of Topliss-reactive ketones (excluding diaryl/α,β-unsaturated/α-hetero) is 1. The lowest BCUT2D eigenvalue weighted by Crippen LogP contribution is -2.32. The molecule has 4 nitrogen and oxygen atoms in total. The van der Waals surface area contributed by atoms with Gasteiger partial charge in [-0.1, -0.05) is 75.1 Å². The number of halogens is 1. The van der Waals surface area contributed by atoms with Gasteiger partial charge >= 0.3 is 0 Å². The van der Waals surface area contributed by atoms with E-state index in [9.17, 15) is 14.0 Å². The summed E-state index contributed by atoms with van der Waals surface area (Å²) in [4.78, 5) is 28.3. The SMILES string of the molecule is C=C/C(=C\C(N)=O)CC1(Cc2ccnc(F)c2)C/C=C\C=C/CC(=O)c2ccccc21.CC. The van der Waals surface area contributed by atoms with Gasteiger partial charge in [0.25, 0.3) is 0 Å². The molecule has 0 bridgehead atoms. The van der Waals surface area contributed by atoms with Crippen molar-refractivity contribution in [3.05, 3.63) is 114 Å². The van der Waals surface area contributed by atoms with Gasteiger partial charge < -0.3 is 5.73 Å². The van der Waals surface area contributed by atoms with Crippen molar-refractivity contribution in [1.29, 1.82) is 0 Å². The summed E-state index contributed by atoms with van der Waals surface area (Å²) in [5, 5.41) is 0. The number of benzene rings is 1. The third kappa shape index (κ3) is 6.94. The third-order valence-corrected chi connectivity index (χ3v) is 5.46. The number of nitrogens with zero attached hydrogens (tertiary/aromatic N) is 1. The van der Waals surface area contributed by atoms with Gasteiger partial charge in [-0.3, -0.25) is 9.59 Å². The summed E-state index contributed by atoms with van der Waals surface area (Å²) in [6.45, 7) is 7.84. The summed E-state index contributed by atoms with van der Waals surface area (Å²) >= 11 is 0. The average Bonchev–Trinajstić information content (AvgIpc) is 2.81. The van der Waals surface area contributed by atoms with Gasteiger partial charge in [-0.15, -0.1) is 0 Å². The number of aromatic nitrogens is 1. The third-order valence-electron chi connectivity index (χ3n) is 5.46. The first-order valence-electron chi connectivity index (χ1n) is 11.1. The van der Waals surface area contributed by atoms with Crippen molar-refractivity contribution >= 4 is 11.7 Å². The van der Waals surface area contributed by atoms with E-state index in [0.717, 1.165) is 11.1 Å². The highest BCUT2D eigenvalue weighted by molar-refractivity contribution is 5.98. The number of carbonyl (C=O) groups is 2. The molecule has 0 saturated heterocycles. The Morgan fingerprint density at radius 2 is 1.94 bits per heavy atom. The minimum Gasteiger partial charge on any atom is -0.366 e. The lowest BCUT2D eigenvalue weighted by molar-refractivity contribution is -0.113. The predicted octanol–water partition coefficient (Wildman–Crippen LogP) is 5.80.